The SMILES string of the molecule is CCc1cccc(CNC[C@H](O)[C@H](Cc2cc(F)cc(F)c2)NC(=O)c2cccc(NS(C)(=O)=O)c2)c1. The Balaban J connectivity index is 1.74. The maximum Gasteiger partial charge on any atom is 0.251 e. The lowest BCUT2D eigenvalue weighted by atomic mass is 10.00. The first kappa shape index (κ1) is 28.2. The van der Waals surface area contributed by atoms with Gasteiger partial charge in [0.2, 0.25) is 10.0 Å². The minimum atomic E-state index is -3.54. The Morgan fingerprint density at radius 2 is 1.62 bits per heavy atom. The Morgan fingerprint density at radius 1 is 0.946 bits per heavy atom. The third kappa shape index (κ3) is 9.23. The maximum atomic E-state index is 13.8. The van der Waals surface area contributed by atoms with Crippen molar-refractivity contribution in [1.82, 2.24) is 10.6 Å². The van der Waals surface area contributed by atoms with E-state index in [4.69, 9.17) is 0 Å². The van der Waals surface area contributed by atoms with Crippen molar-refractivity contribution in [3.05, 3.63) is 101 Å². The second-order valence-electron chi connectivity index (χ2n) is 8.89. The normalized spacial score (nSPS) is 13.1. The van der Waals surface area contributed by atoms with E-state index in [0.29, 0.717) is 6.54 Å². The molecule has 0 aliphatic carbocycles. The first-order chi connectivity index (χ1) is 17.5. The van der Waals surface area contributed by atoms with Crippen LogP contribution in [0.15, 0.2) is 66.7 Å². The zero-order chi connectivity index (χ0) is 27.0. The number of amides is 1. The number of benzene rings is 3. The van der Waals surface area contributed by atoms with Gasteiger partial charge in [0.15, 0.2) is 0 Å². The second-order valence-corrected chi connectivity index (χ2v) is 10.6. The quantitative estimate of drug-likeness (QED) is 0.287. The fraction of sp³-hybridized carbons (Fsp3) is 0.296. The van der Waals surface area contributed by atoms with E-state index in [0.717, 1.165) is 36.4 Å². The zero-order valence-electron chi connectivity index (χ0n) is 20.7. The van der Waals surface area contributed by atoms with Crippen LogP contribution in [0.1, 0.15) is 34.0 Å². The number of hydrogen-bond donors (Lipinski definition) is 4. The van der Waals surface area contributed by atoms with Crippen molar-refractivity contribution in [2.45, 2.75) is 38.5 Å². The van der Waals surface area contributed by atoms with Gasteiger partial charge in [-0.25, -0.2) is 17.2 Å². The topological polar surface area (TPSA) is 108 Å². The van der Waals surface area contributed by atoms with Gasteiger partial charge in [0.25, 0.3) is 5.91 Å². The highest BCUT2D eigenvalue weighted by molar-refractivity contribution is 7.92. The Hall–Kier alpha value is -3.34. The predicted molar refractivity (Wildman–Crippen MR) is 140 cm³/mol. The first-order valence-corrected chi connectivity index (χ1v) is 13.7. The number of aliphatic hydroxyl groups is 1. The van der Waals surface area contributed by atoms with Crippen LogP contribution < -0.4 is 15.4 Å². The molecule has 3 aromatic carbocycles. The van der Waals surface area contributed by atoms with Crippen LogP contribution in [0.3, 0.4) is 0 Å². The highest BCUT2D eigenvalue weighted by Crippen LogP contribution is 2.15. The second kappa shape index (κ2) is 12.8. The van der Waals surface area contributed by atoms with Crippen molar-refractivity contribution in [3.8, 4) is 0 Å². The molecule has 1 amide bonds. The van der Waals surface area contributed by atoms with Gasteiger partial charge in [-0.2, -0.15) is 0 Å². The average Bonchev–Trinajstić information content (AvgIpc) is 2.82. The summed E-state index contributed by atoms with van der Waals surface area (Å²) in [6.07, 6.45) is 0.767. The summed E-state index contributed by atoms with van der Waals surface area (Å²) in [7, 11) is -3.54. The van der Waals surface area contributed by atoms with Crippen LogP contribution in [0.4, 0.5) is 14.5 Å². The van der Waals surface area contributed by atoms with Crippen molar-refractivity contribution < 1.29 is 27.1 Å². The van der Waals surface area contributed by atoms with Crippen LogP contribution >= 0.6 is 0 Å². The minimum Gasteiger partial charge on any atom is -0.390 e. The summed E-state index contributed by atoms with van der Waals surface area (Å²) in [6, 6.07) is 16.0. The molecule has 0 bridgehead atoms. The predicted octanol–water partition coefficient (Wildman–Crippen LogP) is 3.39. The van der Waals surface area contributed by atoms with Gasteiger partial charge in [0.05, 0.1) is 18.4 Å². The number of aryl methyl sites for hydroxylation is 1. The Labute approximate surface area is 216 Å². The Kier molecular flexibility index (Phi) is 9.73. The van der Waals surface area contributed by atoms with E-state index in [9.17, 15) is 27.1 Å². The molecule has 0 aromatic heterocycles. The van der Waals surface area contributed by atoms with Gasteiger partial charge in [-0.05, 0) is 59.9 Å². The number of halogens is 2. The number of aliphatic hydroxyl groups excluding tert-OH is 1. The monoisotopic (exact) mass is 531 g/mol. The summed E-state index contributed by atoms with van der Waals surface area (Å²) >= 11 is 0. The third-order valence-corrected chi connectivity index (χ3v) is 6.28. The molecule has 3 rings (SSSR count). The van der Waals surface area contributed by atoms with Crippen LogP contribution in [-0.2, 0) is 29.4 Å². The van der Waals surface area contributed by atoms with Crippen LogP contribution in [0.5, 0.6) is 0 Å². The van der Waals surface area contributed by atoms with Gasteiger partial charge in [-0.1, -0.05) is 37.3 Å². The number of carbonyl (C=O) groups excluding carboxylic acids is 1. The van der Waals surface area contributed by atoms with E-state index in [1.54, 1.807) is 0 Å². The number of hydrogen-bond acceptors (Lipinski definition) is 5. The Morgan fingerprint density at radius 3 is 2.30 bits per heavy atom. The first-order valence-electron chi connectivity index (χ1n) is 11.8. The van der Waals surface area contributed by atoms with Gasteiger partial charge >= 0.3 is 0 Å². The van der Waals surface area contributed by atoms with E-state index in [1.807, 2.05) is 18.2 Å². The lowest BCUT2D eigenvalue weighted by Crippen LogP contribution is -2.48. The van der Waals surface area contributed by atoms with E-state index >= 15 is 0 Å². The van der Waals surface area contributed by atoms with Crippen molar-refractivity contribution >= 4 is 21.6 Å². The summed E-state index contributed by atoms with van der Waals surface area (Å²) in [5, 5.41) is 16.8. The van der Waals surface area contributed by atoms with Crippen molar-refractivity contribution in [2.24, 2.45) is 0 Å². The summed E-state index contributed by atoms with van der Waals surface area (Å²) in [4.78, 5) is 13.0. The largest absolute Gasteiger partial charge is 0.390 e. The van der Waals surface area contributed by atoms with E-state index in [2.05, 4.69) is 28.3 Å². The van der Waals surface area contributed by atoms with Crippen LogP contribution in [0.25, 0.3) is 0 Å². The van der Waals surface area contributed by atoms with E-state index in [-0.39, 0.29) is 29.8 Å². The maximum absolute atomic E-state index is 13.8. The highest BCUT2D eigenvalue weighted by Gasteiger charge is 2.23. The number of anilines is 1. The fourth-order valence-electron chi connectivity index (χ4n) is 3.92. The molecule has 2 atom stereocenters. The van der Waals surface area contributed by atoms with Gasteiger partial charge in [-0.15, -0.1) is 0 Å². The fourth-order valence-corrected chi connectivity index (χ4v) is 4.48. The molecule has 0 aliphatic rings. The number of nitrogens with one attached hydrogen (secondary N) is 3. The van der Waals surface area contributed by atoms with Crippen LogP contribution in [-0.4, -0.2) is 44.4 Å². The molecule has 0 saturated carbocycles. The third-order valence-electron chi connectivity index (χ3n) is 5.67. The van der Waals surface area contributed by atoms with Crippen molar-refractivity contribution in [1.29, 1.82) is 0 Å². The molecule has 198 valence electrons. The molecule has 0 heterocycles. The molecule has 10 heteroatoms. The standard InChI is InChI=1S/C27H31F2N3O4S/c1-3-18-6-4-7-19(10-18)16-30-17-26(33)25(13-20-11-22(28)15-23(29)12-20)31-27(34)21-8-5-9-24(14-21)32-37(2,35)36/h4-12,14-15,25-26,30,32-33H,3,13,16-17H2,1-2H3,(H,31,34)/t25-,26-/m0/s1. The molecule has 4 N–H and O–H groups in total. The molecule has 37 heavy (non-hydrogen) atoms. The van der Waals surface area contributed by atoms with Gasteiger partial charge in [0, 0.05) is 30.4 Å². The van der Waals surface area contributed by atoms with Gasteiger partial charge < -0.3 is 15.7 Å². The van der Waals surface area contributed by atoms with Crippen molar-refractivity contribution in [2.75, 3.05) is 17.5 Å². The lowest BCUT2D eigenvalue weighted by molar-refractivity contribution is 0.0830. The molecule has 7 nitrogen and oxygen atoms in total. The molecule has 0 saturated heterocycles. The molecule has 0 aliphatic heterocycles. The Bertz CT molecular complexity index is 1310. The number of carbonyl (C=O) groups is 1. The van der Waals surface area contributed by atoms with Crippen LogP contribution in [0, 0.1) is 11.6 Å². The van der Waals surface area contributed by atoms with E-state index < -0.39 is 39.7 Å². The summed E-state index contributed by atoms with van der Waals surface area (Å²) in [5.74, 6) is -2.10. The molecule has 0 unspecified atom stereocenters. The zero-order valence-corrected chi connectivity index (χ0v) is 21.5. The average molecular weight is 532 g/mol. The molecular formula is C27H31F2N3O4S. The minimum absolute atomic E-state index is 0.0319. The number of sulfonamides is 1. The summed E-state index contributed by atoms with van der Waals surface area (Å²) in [6.45, 7) is 2.65. The molecule has 0 radical (unpaired) electrons. The van der Waals surface area contributed by atoms with Gasteiger partial charge in [0.1, 0.15) is 11.6 Å². The van der Waals surface area contributed by atoms with Crippen molar-refractivity contribution in [3.63, 3.8) is 0 Å². The molecular weight excluding hydrogens is 500 g/mol. The molecule has 3 aromatic rings. The highest BCUT2D eigenvalue weighted by atomic mass is 32.2. The number of rotatable bonds is 12. The summed E-state index contributed by atoms with van der Waals surface area (Å²) < 4.78 is 52.9. The molecule has 0 spiro atoms. The van der Waals surface area contributed by atoms with E-state index in [1.165, 1.54) is 29.8 Å². The smallest absolute Gasteiger partial charge is 0.251 e. The summed E-state index contributed by atoms with van der Waals surface area (Å²) in [5.41, 5.74) is 2.85. The molecule has 0 fully saturated rings. The van der Waals surface area contributed by atoms with Gasteiger partial charge in [-0.3, -0.25) is 9.52 Å². The van der Waals surface area contributed by atoms with Crippen LogP contribution in [0.2, 0.25) is 0 Å². The lowest BCUT2D eigenvalue weighted by Gasteiger charge is -2.25.